The van der Waals surface area contributed by atoms with Crippen molar-refractivity contribution in [2.45, 2.75) is 54.2 Å². The van der Waals surface area contributed by atoms with Crippen LogP contribution in [0.4, 0.5) is 0 Å². The third kappa shape index (κ3) is 6.26. The number of fused-ring (bicyclic) bond motifs is 5. The lowest BCUT2D eigenvalue weighted by Crippen LogP contribution is -2.34. The zero-order valence-corrected chi connectivity index (χ0v) is 28.8. The van der Waals surface area contributed by atoms with Crippen LogP contribution in [0.5, 0.6) is 0 Å². The SMILES string of the molecule is C=N/C(=C\C(=N/Cc1cccc(C2=NC3=CC=CCC3C3c4ccccc4SC23)c1)c1ccccc1)C1C=CC(C)(c2ccccc2)CC1. The third-order valence-corrected chi connectivity index (χ3v) is 12.1. The van der Waals surface area contributed by atoms with E-state index < -0.39 is 0 Å². The van der Waals surface area contributed by atoms with E-state index in [0.717, 1.165) is 36.2 Å². The Bertz CT molecular complexity index is 2050. The maximum Gasteiger partial charge on any atom is 0.0669 e. The summed E-state index contributed by atoms with van der Waals surface area (Å²) in [6, 6.07) is 39.1. The van der Waals surface area contributed by atoms with Crippen molar-refractivity contribution in [3.63, 3.8) is 0 Å². The van der Waals surface area contributed by atoms with Crippen LogP contribution in [0.2, 0.25) is 0 Å². The quantitative estimate of drug-likeness (QED) is 0.137. The molecule has 0 saturated carbocycles. The molecule has 4 aliphatic rings. The minimum Gasteiger partial charge on any atom is -0.280 e. The van der Waals surface area contributed by atoms with Crippen molar-refractivity contribution < 1.29 is 0 Å². The highest BCUT2D eigenvalue weighted by Gasteiger charge is 2.45. The highest BCUT2D eigenvalue weighted by atomic mass is 32.2. The van der Waals surface area contributed by atoms with Crippen LogP contribution < -0.4 is 0 Å². The summed E-state index contributed by atoms with van der Waals surface area (Å²) in [6.07, 6.45) is 16.6. The molecular formula is C45H41N3S. The predicted octanol–water partition coefficient (Wildman–Crippen LogP) is 10.7. The maximum absolute atomic E-state index is 5.35. The number of hydrogen-bond acceptors (Lipinski definition) is 4. The summed E-state index contributed by atoms with van der Waals surface area (Å²) >= 11 is 1.98. The Kier molecular flexibility index (Phi) is 8.74. The molecule has 2 aliphatic heterocycles. The summed E-state index contributed by atoms with van der Waals surface area (Å²) in [5.41, 5.74) is 10.6. The summed E-state index contributed by atoms with van der Waals surface area (Å²) in [4.78, 5) is 16.5. The second-order valence-corrected chi connectivity index (χ2v) is 14.9. The number of benzene rings is 4. The molecule has 8 rings (SSSR count). The van der Waals surface area contributed by atoms with Gasteiger partial charge >= 0.3 is 0 Å². The number of aliphatic imine (C=N–C) groups is 3. The minimum absolute atomic E-state index is 0.0268. The standard InChI is InChI=1S/C45H41N3S/c1-45(35-18-7-4-8-19-35)26-24-33(25-27-45)39(46-2)29-40(32-15-5-3-6-16-32)47-30-31-14-13-17-34(28-31)43-44-42(36-20-9-11-22-38(36)48-43)37-21-10-12-23-41(37)49-44/h3-19,21-24,26,28-29,33,36,42,44H,2,20,25,27,30H2,1H3/b39-29-,47-40+. The molecule has 242 valence electrons. The Hall–Kier alpha value is -4.80. The Labute approximate surface area is 294 Å². The Morgan fingerprint density at radius 3 is 2.55 bits per heavy atom. The lowest BCUT2D eigenvalue weighted by Gasteiger charge is -2.35. The second kappa shape index (κ2) is 13.6. The molecule has 0 spiro atoms. The van der Waals surface area contributed by atoms with Gasteiger partial charge in [-0.3, -0.25) is 15.0 Å². The van der Waals surface area contributed by atoms with Crippen LogP contribution in [0.1, 0.15) is 59.9 Å². The molecule has 0 fully saturated rings. The zero-order chi connectivity index (χ0) is 33.2. The fraction of sp³-hybridized carbons (Fsp3) is 0.222. The summed E-state index contributed by atoms with van der Waals surface area (Å²) < 4.78 is 0. The molecule has 4 aromatic rings. The average Bonchev–Trinajstić information content (AvgIpc) is 3.56. The van der Waals surface area contributed by atoms with Gasteiger partial charge in [0, 0.05) is 39.5 Å². The highest BCUT2D eigenvalue weighted by molar-refractivity contribution is 8.01. The van der Waals surface area contributed by atoms with Crippen molar-refractivity contribution in [2.24, 2.45) is 26.8 Å². The minimum atomic E-state index is 0.0268. The van der Waals surface area contributed by atoms with Gasteiger partial charge in [0.15, 0.2) is 0 Å². The van der Waals surface area contributed by atoms with E-state index in [1.807, 2.05) is 11.8 Å². The summed E-state index contributed by atoms with van der Waals surface area (Å²) in [6.45, 7) is 6.89. The highest BCUT2D eigenvalue weighted by Crippen LogP contribution is 2.55. The molecule has 2 aliphatic carbocycles. The van der Waals surface area contributed by atoms with E-state index in [0.29, 0.717) is 23.6 Å². The molecule has 0 amide bonds. The number of rotatable bonds is 8. The average molecular weight is 656 g/mol. The molecule has 49 heavy (non-hydrogen) atoms. The molecule has 4 heteroatoms. The maximum atomic E-state index is 5.35. The van der Waals surface area contributed by atoms with Crippen molar-refractivity contribution in [3.05, 3.63) is 185 Å². The van der Waals surface area contributed by atoms with E-state index >= 15 is 0 Å². The summed E-state index contributed by atoms with van der Waals surface area (Å²) in [5.74, 6) is 1.07. The van der Waals surface area contributed by atoms with Gasteiger partial charge in [-0.05, 0) is 78.1 Å². The van der Waals surface area contributed by atoms with Gasteiger partial charge in [-0.15, -0.1) is 11.8 Å². The van der Waals surface area contributed by atoms with Crippen LogP contribution in [0, 0.1) is 11.8 Å². The lowest BCUT2D eigenvalue weighted by molar-refractivity contribution is 0.451. The molecule has 0 saturated heterocycles. The molecule has 4 aromatic carbocycles. The third-order valence-electron chi connectivity index (χ3n) is 10.7. The first-order valence-corrected chi connectivity index (χ1v) is 18.3. The van der Waals surface area contributed by atoms with E-state index in [9.17, 15) is 0 Å². The first-order valence-electron chi connectivity index (χ1n) is 17.4. The summed E-state index contributed by atoms with van der Waals surface area (Å²) in [5, 5.41) is 0.307. The van der Waals surface area contributed by atoms with Crippen LogP contribution in [-0.4, -0.2) is 23.4 Å². The van der Waals surface area contributed by atoms with Gasteiger partial charge in [0.25, 0.3) is 0 Å². The molecule has 5 atom stereocenters. The van der Waals surface area contributed by atoms with Gasteiger partial charge in [0.2, 0.25) is 0 Å². The van der Waals surface area contributed by atoms with Crippen molar-refractivity contribution in [1.29, 1.82) is 0 Å². The predicted molar refractivity (Wildman–Crippen MR) is 207 cm³/mol. The smallest absolute Gasteiger partial charge is 0.0669 e. The van der Waals surface area contributed by atoms with Gasteiger partial charge < -0.3 is 0 Å². The normalized spacial score (nSPS) is 25.9. The molecule has 3 nitrogen and oxygen atoms in total. The van der Waals surface area contributed by atoms with Crippen LogP contribution in [0.15, 0.2) is 177 Å². The van der Waals surface area contributed by atoms with E-state index in [1.54, 1.807) is 0 Å². The lowest BCUT2D eigenvalue weighted by atomic mass is 9.72. The van der Waals surface area contributed by atoms with Gasteiger partial charge in [-0.25, -0.2) is 0 Å². The van der Waals surface area contributed by atoms with E-state index in [1.165, 1.54) is 38.6 Å². The molecule has 0 aromatic heterocycles. The van der Waals surface area contributed by atoms with Gasteiger partial charge in [0.1, 0.15) is 0 Å². The molecule has 0 bridgehead atoms. The van der Waals surface area contributed by atoms with Crippen LogP contribution in [0.3, 0.4) is 0 Å². The van der Waals surface area contributed by atoms with Crippen molar-refractivity contribution >= 4 is 29.9 Å². The van der Waals surface area contributed by atoms with Crippen molar-refractivity contribution in [1.82, 2.24) is 0 Å². The first-order chi connectivity index (χ1) is 24.1. The number of nitrogens with zero attached hydrogens (tertiary/aromatic N) is 3. The van der Waals surface area contributed by atoms with Gasteiger partial charge in [0.05, 0.1) is 23.2 Å². The monoisotopic (exact) mass is 655 g/mol. The first kappa shape index (κ1) is 31.5. The number of thioether (sulfide) groups is 1. The second-order valence-electron chi connectivity index (χ2n) is 13.7. The van der Waals surface area contributed by atoms with Crippen molar-refractivity contribution in [3.8, 4) is 0 Å². The van der Waals surface area contributed by atoms with E-state index in [2.05, 4.69) is 164 Å². The molecule has 0 N–H and O–H groups in total. The van der Waals surface area contributed by atoms with Crippen LogP contribution in [0.25, 0.3) is 0 Å². The van der Waals surface area contributed by atoms with Gasteiger partial charge in [-0.1, -0.05) is 128 Å². The molecular weight excluding hydrogens is 615 g/mol. The van der Waals surface area contributed by atoms with Crippen molar-refractivity contribution in [2.75, 3.05) is 0 Å². The number of hydrogen-bond donors (Lipinski definition) is 0. The van der Waals surface area contributed by atoms with E-state index in [-0.39, 0.29) is 11.3 Å². The molecule has 5 unspecified atom stereocenters. The fourth-order valence-electron chi connectivity index (χ4n) is 7.92. The van der Waals surface area contributed by atoms with Gasteiger partial charge in [-0.2, -0.15) is 0 Å². The summed E-state index contributed by atoms with van der Waals surface area (Å²) in [7, 11) is 0. The zero-order valence-electron chi connectivity index (χ0n) is 28.0. The van der Waals surface area contributed by atoms with Crippen LogP contribution in [-0.2, 0) is 12.0 Å². The van der Waals surface area contributed by atoms with E-state index in [4.69, 9.17) is 9.98 Å². The molecule has 2 heterocycles. The Balaban J connectivity index is 1.09. The Morgan fingerprint density at radius 1 is 0.959 bits per heavy atom. The fourth-order valence-corrected chi connectivity index (χ4v) is 9.48. The number of allylic oxidation sites excluding steroid dienone is 7. The molecule has 0 radical (unpaired) electrons. The largest absolute Gasteiger partial charge is 0.280 e. The Morgan fingerprint density at radius 2 is 1.76 bits per heavy atom. The topological polar surface area (TPSA) is 37.1 Å². The van der Waals surface area contributed by atoms with Crippen LogP contribution >= 0.6 is 11.8 Å².